The molecule has 0 rings (SSSR count). The molecule has 0 bridgehead atoms. The second kappa shape index (κ2) is 4.59. The number of nitrogens with two attached hydrogens (primary N) is 1. The molecular formula is C7H14N2S. The lowest BCUT2D eigenvalue weighted by atomic mass is 10.1. The van der Waals surface area contributed by atoms with Gasteiger partial charge in [0.25, 0.3) is 0 Å². The van der Waals surface area contributed by atoms with E-state index < -0.39 is 0 Å². The molecule has 0 saturated carbocycles. The fraction of sp³-hybridized carbons (Fsp3) is 0.857. The zero-order valence-corrected chi connectivity index (χ0v) is 7.37. The zero-order valence-electron chi connectivity index (χ0n) is 6.55. The summed E-state index contributed by atoms with van der Waals surface area (Å²) in [6.07, 6.45) is 0.626. The van der Waals surface area contributed by atoms with Crippen molar-refractivity contribution in [1.29, 1.82) is 5.26 Å². The zero-order chi connectivity index (χ0) is 8.04. The van der Waals surface area contributed by atoms with Gasteiger partial charge in [0.15, 0.2) is 0 Å². The van der Waals surface area contributed by atoms with Crippen molar-refractivity contribution in [2.75, 3.05) is 11.5 Å². The number of rotatable bonds is 4. The lowest BCUT2D eigenvalue weighted by Crippen LogP contribution is -2.34. The van der Waals surface area contributed by atoms with Gasteiger partial charge in [0.05, 0.1) is 6.07 Å². The molecule has 0 unspecified atom stereocenters. The van der Waals surface area contributed by atoms with Gasteiger partial charge in [-0.3, -0.25) is 0 Å². The number of hydrogen-bond donors (Lipinski definition) is 1. The predicted octanol–water partition coefficient (Wildman–Crippen LogP) is 1.37. The van der Waals surface area contributed by atoms with Gasteiger partial charge in [-0.25, -0.2) is 0 Å². The summed E-state index contributed by atoms with van der Waals surface area (Å²) in [5.74, 6) is 1.83. The van der Waals surface area contributed by atoms with Crippen LogP contribution in [0.4, 0.5) is 0 Å². The Hall–Kier alpha value is -0.200. The van der Waals surface area contributed by atoms with E-state index in [0.717, 1.165) is 11.5 Å². The highest BCUT2D eigenvalue weighted by atomic mass is 32.2. The van der Waals surface area contributed by atoms with E-state index in [1.54, 1.807) is 11.8 Å². The Balaban J connectivity index is 3.14. The molecule has 0 amide bonds. The van der Waals surface area contributed by atoms with Gasteiger partial charge < -0.3 is 5.73 Å². The van der Waals surface area contributed by atoms with Gasteiger partial charge in [-0.1, -0.05) is 0 Å². The normalized spacial score (nSPS) is 11.0. The first-order valence-corrected chi connectivity index (χ1v) is 4.45. The van der Waals surface area contributed by atoms with Gasteiger partial charge in [0, 0.05) is 23.5 Å². The van der Waals surface area contributed by atoms with E-state index in [9.17, 15) is 0 Å². The highest BCUT2D eigenvalue weighted by Gasteiger charge is 2.08. The van der Waals surface area contributed by atoms with E-state index in [1.807, 2.05) is 13.8 Å². The Bertz CT molecular complexity index is 121. The first kappa shape index (κ1) is 9.80. The summed E-state index contributed by atoms with van der Waals surface area (Å²) in [5.41, 5.74) is 5.62. The van der Waals surface area contributed by atoms with Crippen LogP contribution in [0, 0.1) is 11.3 Å². The van der Waals surface area contributed by atoms with E-state index in [4.69, 9.17) is 11.0 Å². The Morgan fingerprint density at radius 1 is 1.60 bits per heavy atom. The van der Waals surface area contributed by atoms with Crippen molar-refractivity contribution in [3.05, 3.63) is 0 Å². The molecule has 3 heteroatoms. The van der Waals surface area contributed by atoms with Crippen molar-refractivity contribution in [2.24, 2.45) is 5.73 Å². The Morgan fingerprint density at radius 2 is 2.20 bits per heavy atom. The minimum Gasteiger partial charge on any atom is -0.325 e. The van der Waals surface area contributed by atoms with Crippen LogP contribution in [0.25, 0.3) is 0 Å². The number of hydrogen-bond acceptors (Lipinski definition) is 3. The van der Waals surface area contributed by atoms with E-state index >= 15 is 0 Å². The van der Waals surface area contributed by atoms with Crippen molar-refractivity contribution in [1.82, 2.24) is 0 Å². The van der Waals surface area contributed by atoms with Crippen molar-refractivity contribution in [3.8, 4) is 6.07 Å². The van der Waals surface area contributed by atoms with Crippen molar-refractivity contribution >= 4 is 11.8 Å². The summed E-state index contributed by atoms with van der Waals surface area (Å²) < 4.78 is 0. The summed E-state index contributed by atoms with van der Waals surface area (Å²) in [5, 5.41) is 8.20. The van der Waals surface area contributed by atoms with E-state index in [2.05, 4.69) is 6.07 Å². The molecular weight excluding hydrogens is 144 g/mol. The van der Waals surface area contributed by atoms with Gasteiger partial charge in [-0.2, -0.15) is 17.0 Å². The Morgan fingerprint density at radius 3 is 2.60 bits per heavy atom. The molecule has 0 aliphatic heterocycles. The summed E-state index contributed by atoms with van der Waals surface area (Å²) in [6.45, 7) is 3.98. The molecule has 0 aliphatic carbocycles. The van der Waals surface area contributed by atoms with Crippen LogP contribution in [0.15, 0.2) is 0 Å². The monoisotopic (exact) mass is 158 g/mol. The standard InChI is InChI=1S/C7H14N2S/c1-7(2,9)6-10-5-3-4-8/h3,5-6,9H2,1-2H3. The van der Waals surface area contributed by atoms with Gasteiger partial charge in [0.2, 0.25) is 0 Å². The fourth-order valence-corrected chi connectivity index (χ4v) is 1.36. The second-order valence-electron chi connectivity index (χ2n) is 2.95. The fourth-order valence-electron chi connectivity index (χ4n) is 0.453. The van der Waals surface area contributed by atoms with Gasteiger partial charge in [-0.05, 0) is 13.8 Å². The van der Waals surface area contributed by atoms with E-state index in [0.29, 0.717) is 6.42 Å². The van der Waals surface area contributed by atoms with Crippen molar-refractivity contribution < 1.29 is 0 Å². The molecule has 0 spiro atoms. The SMILES string of the molecule is CC(C)(N)CSCCC#N. The molecule has 2 N–H and O–H groups in total. The second-order valence-corrected chi connectivity index (χ2v) is 4.05. The molecule has 10 heavy (non-hydrogen) atoms. The molecule has 0 radical (unpaired) electrons. The lowest BCUT2D eigenvalue weighted by Gasteiger charge is -2.16. The smallest absolute Gasteiger partial charge is 0.0630 e. The van der Waals surface area contributed by atoms with Crippen LogP contribution < -0.4 is 5.73 Å². The maximum atomic E-state index is 8.20. The maximum absolute atomic E-state index is 8.20. The molecule has 0 aromatic carbocycles. The summed E-state index contributed by atoms with van der Waals surface area (Å²) in [7, 11) is 0. The molecule has 2 nitrogen and oxygen atoms in total. The van der Waals surface area contributed by atoms with Crippen molar-refractivity contribution in [3.63, 3.8) is 0 Å². The molecule has 58 valence electrons. The van der Waals surface area contributed by atoms with E-state index in [1.165, 1.54) is 0 Å². The van der Waals surface area contributed by atoms with E-state index in [-0.39, 0.29) is 5.54 Å². The number of thioether (sulfide) groups is 1. The minimum atomic E-state index is -0.0971. The molecule has 0 fully saturated rings. The third-order valence-corrected chi connectivity index (χ3v) is 2.27. The third-order valence-electron chi connectivity index (χ3n) is 0.832. The van der Waals surface area contributed by atoms with Crippen LogP contribution in [-0.2, 0) is 0 Å². The highest BCUT2D eigenvalue weighted by Crippen LogP contribution is 2.09. The van der Waals surface area contributed by atoms with Crippen LogP contribution >= 0.6 is 11.8 Å². The Labute approximate surface area is 66.8 Å². The first-order chi connectivity index (χ1) is 4.56. The summed E-state index contributed by atoms with van der Waals surface area (Å²) in [4.78, 5) is 0. The van der Waals surface area contributed by atoms with Crippen LogP contribution in [0.2, 0.25) is 0 Å². The quantitative estimate of drug-likeness (QED) is 0.629. The molecule has 0 heterocycles. The summed E-state index contributed by atoms with van der Waals surface area (Å²) >= 11 is 1.74. The van der Waals surface area contributed by atoms with Crippen molar-refractivity contribution in [2.45, 2.75) is 25.8 Å². The summed E-state index contributed by atoms with van der Waals surface area (Å²) in [6, 6.07) is 2.09. The molecule has 0 atom stereocenters. The maximum Gasteiger partial charge on any atom is 0.0630 e. The minimum absolute atomic E-state index is 0.0971. The van der Waals surface area contributed by atoms with Crippen LogP contribution in [0.5, 0.6) is 0 Å². The van der Waals surface area contributed by atoms with Gasteiger partial charge in [-0.15, -0.1) is 0 Å². The van der Waals surface area contributed by atoms with Crippen LogP contribution in [0.3, 0.4) is 0 Å². The first-order valence-electron chi connectivity index (χ1n) is 3.30. The number of nitrogens with zero attached hydrogens (tertiary/aromatic N) is 1. The Kier molecular flexibility index (Phi) is 4.50. The average molecular weight is 158 g/mol. The third kappa shape index (κ3) is 7.80. The van der Waals surface area contributed by atoms with Gasteiger partial charge in [0.1, 0.15) is 0 Å². The molecule has 0 aliphatic rings. The topological polar surface area (TPSA) is 49.8 Å². The molecule has 0 saturated heterocycles. The highest BCUT2D eigenvalue weighted by molar-refractivity contribution is 7.99. The van der Waals surface area contributed by atoms with Crippen LogP contribution in [0.1, 0.15) is 20.3 Å². The number of nitriles is 1. The predicted molar refractivity (Wildman–Crippen MR) is 45.8 cm³/mol. The largest absolute Gasteiger partial charge is 0.325 e. The van der Waals surface area contributed by atoms with Gasteiger partial charge >= 0.3 is 0 Å². The lowest BCUT2D eigenvalue weighted by molar-refractivity contribution is 0.591. The van der Waals surface area contributed by atoms with Crippen LogP contribution in [-0.4, -0.2) is 17.0 Å². The molecule has 0 aromatic heterocycles. The average Bonchev–Trinajstić information content (AvgIpc) is 1.78. The molecule has 0 aromatic rings.